The van der Waals surface area contributed by atoms with Crippen molar-refractivity contribution < 1.29 is 4.39 Å². The molecule has 21 heavy (non-hydrogen) atoms. The van der Waals surface area contributed by atoms with Crippen molar-refractivity contribution in [2.45, 2.75) is 0 Å². The maximum atomic E-state index is 13.8. The number of hydrogen-bond acceptors (Lipinski definition) is 3. The molecule has 0 radical (unpaired) electrons. The van der Waals surface area contributed by atoms with Crippen molar-refractivity contribution in [2.75, 3.05) is 0 Å². The Labute approximate surface area is 117 Å². The van der Waals surface area contributed by atoms with Gasteiger partial charge in [-0.15, -0.1) is 5.10 Å². The van der Waals surface area contributed by atoms with Crippen LogP contribution in [0, 0.1) is 5.82 Å². The molecule has 0 aliphatic rings. The molecular formula is C15H9FN4O. The largest absolute Gasteiger partial charge is 0.348 e. The first kappa shape index (κ1) is 11.8. The molecule has 2 aromatic heterocycles. The first-order valence-corrected chi connectivity index (χ1v) is 6.37. The van der Waals surface area contributed by atoms with E-state index in [1.54, 1.807) is 24.3 Å². The molecule has 1 N–H and O–H groups in total. The van der Waals surface area contributed by atoms with E-state index in [1.807, 2.05) is 18.2 Å². The zero-order valence-corrected chi connectivity index (χ0v) is 10.7. The van der Waals surface area contributed by atoms with E-state index in [0.29, 0.717) is 11.2 Å². The first-order chi connectivity index (χ1) is 10.2. The lowest BCUT2D eigenvalue weighted by Crippen LogP contribution is -2.17. The van der Waals surface area contributed by atoms with Gasteiger partial charge in [-0.2, -0.15) is 4.52 Å². The number of aromatic nitrogens is 4. The third-order valence-electron chi connectivity index (χ3n) is 3.32. The summed E-state index contributed by atoms with van der Waals surface area (Å²) in [7, 11) is 0. The van der Waals surface area contributed by atoms with Gasteiger partial charge in [0.05, 0.1) is 11.1 Å². The summed E-state index contributed by atoms with van der Waals surface area (Å²) in [6.07, 6.45) is 0. The van der Waals surface area contributed by atoms with Crippen LogP contribution >= 0.6 is 0 Å². The highest BCUT2D eigenvalue weighted by Crippen LogP contribution is 2.21. The van der Waals surface area contributed by atoms with E-state index in [0.717, 1.165) is 9.90 Å². The lowest BCUT2D eigenvalue weighted by Gasteiger charge is -1.97. The van der Waals surface area contributed by atoms with Crippen LogP contribution in [0.1, 0.15) is 0 Å². The molecule has 0 amide bonds. The number of aromatic amines is 1. The lowest BCUT2D eigenvalue weighted by molar-refractivity contribution is 0.630. The molecule has 102 valence electrons. The number of hydrogen-bond donors (Lipinski definition) is 1. The van der Waals surface area contributed by atoms with Crippen molar-refractivity contribution in [3.05, 3.63) is 64.8 Å². The van der Waals surface area contributed by atoms with Gasteiger partial charge >= 0.3 is 5.69 Å². The number of halogens is 1. The van der Waals surface area contributed by atoms with Crippen molar-refractivity contribution >= 4 is 16.6 Å². The van der Waals surface area contributed by atoms with E-state index in [9.17, 15) is 9.18 Å². The van der Waals surface area contributed by atoms with Crippen LogP contribution in [0.4, 0.5) is 4.39 Å². The smallest absolute Gasteiger partial charge is 0.305 e. The molecule has 4 aromatic rings. The van der Waals surface area contributed by atoms with E-state index in [1.165, 1.54) is 6.07 Å². The zero-order chi connectivity index (χ0) is 14.4. The first-order valence-electron chi connectivity index (χ1n) is 6.37. The molecule has 0 spiro atoms. The summed E-state index contributed by atoms with van der Waals surface area (Å²) in [5.74, 6) is -0.232. The van der Waals surface area contributed by atoms with Crippen molar-refractivity contribution in [3.8, 4) is 11.4 Å². The van der Waals surface area contributed by atoms with Gasteiger partial charge in [0.1, 0.15) is 5.82 Å². The van der Waals surface area contributed by atoms with Crippen molar-refractivity contribution in [3.63, 3.8) is 0 Å². The summed E-state index contributed by atoms with van der Waals surface area (Å²) in [6.45, 7) is 0. The molecule has 0 aliphatic carbocycles. The van der Waals surface area contributed by atoms with Crippen LogP contribution < -0.4 is 5.69 Å². The van der Waals surface area contributed by atoms with E-state index >= 15 is 0 Å². The second kappa shape index (κ2) is 4.24. The number of para-hydroxylation sites is 1. The normalized spacial score (nSPS) is 11.3. The number of nitrogens with one attached hydrogen (secondary N) is 1. The molecule has 0 aliphatic heterocycles. The monoisotopic (exact) mass is 280 g/mol. The molecule has 6 heteroatoms. The average molecular weight is 280 g/mol. The second-order valence-corrected chi connectivity index (χ2v) is 4.63. The molecule has 0 unspecified atom stereocenters. The third kappa shape index (κ3) is 1.73. The van der Waals surface area contributed by atoms with Gasteiger partial charge < -0.3 is 4.98 Å². The SMILES string of the molecule is O=c1[nH]c2ccccc2c2nc(-c3ccccc3F)nn12. The molecule has 2 heterocycles. The number of rotatable bonds is 1. The molecule has 0 saturated carbocycles. The predicted molar refractivity (Wildman–Crippen MR) is 76.5 cm³/mol. The molecule has 2 aromatic carbocycles. The van der Waals surface area contributed by atoms with Gasteiger partial charge in [-0.1, -0.05) is 24.3 Å². The van der Waals surface area contributed by atoms with E-state index < -0.39 is 11.5 Å². The molecule has 4 rings (SSSR count). The topological polar surface area (TPSA) is 63.0 Å². The quantitative estimate of drug-likeness (QED) is 0.582. The van der Waals surface area contributed by atoms with Gasteiger partial charge in [-0.25, -0.2) is 14.2 Å². The van der Waals surface area contributed by atoms with Crippen molar-refractivity contribution in [1.82, 2.24) is 19.6 Å². The summed E-state index contributed by atoms with van der Waals surface area (Å²) in [4.78, 5) is 19.1. The fourth-order valence-corrected chi connectivity index (χ4v) is 2.34. The maximum absolute atomic E-state index is 13.8. The van der Waals surface area contributed by atoms with Crippen LogP contribution in [0.15, 0.2) is 53.3 Å². The Morgan fingerprint density at radius 1 is 1.05 bits per heavy atom. The summed E-state index contributed by atoms with van der Waals surface area (Å²) >= 11 is 0. The Kier molecular flexibility index (Phi) is 2.38. The molecule has 5 nitrogen and oxygen atoms in total. The highest BCUT2D eigenvalue weighted by atomic mass is 19.1. The van der Waals surface area contributed by atoms with E-state index in [2.05, 4.69) is 15.1 Å². The van der Waals surface area contributed by atoms with E-state index in [4.69, 9.17) is 0 Å². The van der Waals surface area contributed by atoms with Gasteiger partial charge in [0.15, 0.2) is 11.5 Å². The maximum Gasteiger partial charge on any atom is 0.348 e. The Hall–Kier alpha value is -3.02. The van der Waals surface area contributed by atoms with Crippen LogP contribution in [-0.2, 0) is 0 Å². The van der Waals surface area contributed by atoms with Crippen molar-refractivity contribution in [2.24, 2.45) is 0 Å². The van der Waals surface area contributed by atoms with Crippen LogP contribution in [0.5, 0.6) is 0 Å². The Balaban J connectivity index is 2.11. The minimum Gasteiger partial charge on any atom is -0.305 e. The van der Waals surface area contributed by atoms with Gasteiger partial charge in [-0.05, 0) is 24.3 Å². The van der Waals surface area contributed by atoms with Gasteiger partial charge in [0, 0.05) is 5.39 Å². The Bertz CT molecular complexity index is 1030. The van der Waals surface area contributed by atoms with Crippen LogP contribution in [0.25, 0.3) is 27.9 Å². The summed E-state index contributed by atoms with van der Waals surface area (Å²) in [6, 6.07) is 13.5. The van der Waals surface area contributed by atoms with Crippen LogP contribution in [-0.4, -0.2) is 19.6 Å². The molecular weight excluding hydrogens is 271 g/mol. The third-order valence-corrected chi connectivity index (χ3v) is 3.32. The minimum atomic E-state index is -0.422. The van der Waals surface area contributed by atoms with Crippen LogP contribution in [0.2, 0.25) is 0 Å². The zero-order valence-electron chi connectivity index (χ0n) is 10.7. The fraction of sp³-hybridized carbons (Fsp3) is 0. The highest BCUT2D eigenvalue weighted by molar-refractivity contribution is 5.91. The predicted octanol–water partition coefficient (Wildman–Crippen LogP) is 2.38. The standard InChI is InChI=1S/C15H9FN4O/c16-11-7-3-1-5-9(11)13-18-14-10-6-2-4-8-12(10)17-15(21)20(14)19-13/h1-8H,(H,17,21). The average Bonchev–Trinajstić information content (AvgIpc) is 2.94. The van der Waals surface area contributed by atoms with Gasteiger partial charge in [0.2, 0.25) is 0 Å². The van der Waals surface area contributed by atoms with E-state index in [-0.39, 0.29) is 11.4 Å². The molecule has 0 saturated heterocycles. The fourth-order valence-electron chi connectivity index (χ4n) is 2.34. The summed E-state index contributed by atoms with van der Waals surface area (Å²) in [5.41, 5.74) is 0.943. The summed E-state index contributed by atoms with van der Waals surface area (Å²) in [5, 5.41) is 4.87. The van der Waals surface area contributed by atoms with Gasteiger partial charge in [-0.3, -0.25) is 0 Å². The number of H-pyrrole nitrogens is 1. The molecule has 0 atom stereocenters. The minimum absolute atomic E-state index is 0.190. The number of fused-ring (bicyclic) bond motifs is 3. The molecule has 0 fully saturated rings. The van der Waals surface area contributed by atoms with Gasteiger partial charge in [0.25, 0.3) is 0 Å². The van der Waals surface area contributed by atoms with Crippen molar-refractivity contribution in [1.29, 1.82) is 0 Å². The summed E-state index contributed by atoms with van der Waals surface area (Å²) < 4.78 is 15.0. The van der Waals surface area contributed by atoms with Crippen LogP contribution in [0.3, 0.4) is 0 Å². The second-order valence-electron chi connectivity index (χ2n) is 4.63. The Morgan fingerprint density at radius 2 is 1.81 bits per heavy atom. The highest BCUT2D eigenvalue weighted by Gasteiger charge is 2.14. The Morgan fingerprint density at radius 3 is 2.67 bits per heavy atom. The number of benzene rings is 2. The molecule has 0 bridgehead atoms. The number of nitrogens with zero attached hydrogens (tertiary/aromatic N) is 3. The lowest BCUT2D eigenvalue weighted by atomic mass is 10.2.